The first-order chi connectivity index (χ1) is 9.66. The van der Waals surface area contributed by atoms with Gasteiger partial charge in [-0.25, -0.2) is 0 Å². The number of fused-ring (bicyclic) bond motifs is 1. The van der Waals surface area contributed by atoms with Crippen LogP contribution < -0.4 is 0 Å². The van der Waals surface area contributed by atoms with E-state index in [9.17, 15) is 5.11 Å². The Hall–Kier alpha value is -0.710. The normalized spacial score (nSPS) is 28.6. The second-order valence-corrected chi connectivity index (χ2v) is 6.90. The molecule has 1 N–H and O–H groups in total. The van der Waals surface area contributed by atoms with Gasteiger partial charge in [-0.2, -0.15) is 0 Å². The number of hydrogen-bond donors (Lipinski definition) is 1. The topological polar surface area (TPSA) is 35.8 Å². The SMILES string of the molecule is CCCC[C@H]1SC2=NCCN2[C@]1(O)c1ccc(Cl)cc1. The molecular weight excluding hydrogens is 292 g/mol. The molecule has 0 radical (unpaired) electrons. The van der Waals surface area contributed by atoms with Crippen LogP contribution in [0.2, 0.25) is 5.02 Å². The van der Waals surface area contributed by atoms with Gasteiger partial charge < -0.3 is 10.0 Å². The minimum absolute atomic E-state index is 0.141. The predicted octanol–water partition coefficient (Wildman–Crippen LogP) is 3.46. The monoisotopic (exact) mass is 310 g/mol. The third-order valence-corrected chi connectivity index (χ3v) is 5.66. The van der Waals surface area contributed by atoms with Crippen LogP contribution in [0.4, 0.5) is 0 Å². The number of rotatable bonds is 4. The molecule has 1 fully saturated rings. The number of benzene rings is 1. The summed E-state index contributed by atoms with van der Waals surface area (Å²) >= 11 is 7.69. The lowest BCUT2D eigenvalue weighted by Crippen LogP contribution is -2.47. The highest BCUT2D eigenvalue weighted by Gasteiger charge is 2.53. The van der Waals surface area contributed by atoms with Gasteiger partial charge >= 0.3 is 0 Å². The van der Waals surface area contributed by atoms with Crippen LogP contribution in [0.1, 0.15) is 31.7 Å². The van der Waals surface area contributed by atoms with Crippen molar-refractivity contribution in [3.63, 3.8) is 0 Å². The predicted molar refractivity (Wildman–Crippen MR) is 85.3 cm³/mol. The molecule has 2 aliphatic rings. The van der Waals surface area contributed by atoms with E-state index >= 15 is 0 Å². The van der Waals surface area contributed by atoms with Gasteiger partial charge in [0.2, 0.25) is 0 Å². The lowest BCUT2D eigenvalue weighted by atomic mass is 9.94. The van der Waals surface area contributed by atoms with Crippen LogP contribution in [-0.2, 0) is 5.72 Å². The number of halogens is 1. The van der Waals surface area contributed by atoms with Crippen molar-refractivity contribution < 1.29 is 5.11 Å². The van der Waals surface area contributed by atoms with Gasteiger partial charge in [0.05, 0.1) is 11.8 Å². The largest absolute Gasteiger partial charge is 0.366 e. The highest BCUT2D eigenvalue weighted by atomic mass is 35.5. The number of nitrogens with zero attached hydrogens (tertiary/aromatic N) is 2. The summed E-state index contributed by atoms with van der Waals surface area (Å²) in [7, 11) is 0. The molecule has 0 spiro atoms. The molecule has 5 heteroatoms. The molecular formula is C15H19ClN2OS. The molecule has 0 aliphatic carbocycles. The molecule has 0 saturated carbocycles. The molecule has 0 bridgehead atoms. The Morgan fingerprint density at radius 2 is 2.20 bits per heavy atom. The smallest absolute Gasteiger partial charge is 0.178 e. The van der Waals surface area contributed by atoms with Gasteiger partial charge in [0.15, 0.2) is 10.9 Å². The standard InChI is InChI=1S/C15H19ClN2OS/c1-2-3-4-13-15(19,11-5-7-12(16)8-6-11)18-10-9-17-14(18)20-13/h5-8,13,19H,2-4,9-10H2,1H3/t13-,15+/m1/s1. The van der Waals surface area contributed by atoms with E-state index in [1.54, 1.807) is 11.8 Å². The number of unbranched alkanes of at least 4 members (excludes halogenated alkanes) is 1. The molecule has 20 heavy (non-hydrogen) atoms. The molecule has 1 saturated heterocycles. The number of amidine groups is 1. The Kier molecular flexibility index (Phi) is 3.98. The van der Waals surface area contributed by atoms with Crippen molar-refractivity contribution in [1.29, 1.82) is 0 Å². The van der Waals surface area contributed by atoms with Gasteiger partial charge in [-0.1, -0.05) is 55.3 Å². The summed E-state index contributed by atoms with van der Waals surface area (Å²) < 4.78 is 0. The third kappa shape index (κ3) is 2.24. The molecule has 2 atom stereocenters. The fraction of sp³-hybridized carbons (Fsp3) is 0.533. The summed E-state index contributed by atoms with van der Waals surface area (Å²) in [4.78, 5) is 6.57. The minimum Gasteiger partial charge on any atom is -0.366 e. The van der Waals surface area contributed by atoms with E-state index in [1.807, 2.05) is 24.3 Å². The van der Waals surface area contributed by atoms with E-state index < -0.39 is 5.72 Å². The maximum absolute atomic E-state index is 11.4. The van der Waals surface area contributed by atoms with Crippen molar-refractivity contribution in [1.82, 2.24) is 4.90 Å². The zero-order valence-corrected chi connectivity index (χ0v) is 13.1. The van der Waals surface area contributed by atoms with E-state index in [2.05, 4.69) is 16.8 Å². The Morgan fingerprint density at radius 3 is 2.90 bits per heavy atom. The van der Waals surface area contributed by atoms with Crippen LogP contribution >= 0.6 is 23.4 Å². The van der Waals surface area contributed by atoms with E-state index in [0.29, 0.717) is 5.02 Å². The van der Waals surface area contributed by atoms with Gasteiger partial charge in [-0.05, 0) is 18.6 Å². The van der Waals surface area contributed by atoms with Crippen LogP contribution in [0.15, 0.2) is 29.3 Å². The number of thioether (sulfide) groups is 1. The highest BCUT2D eigenvalue weighted by molar-refractivity contribution is 8.14. The molecule has 1 aromatic rings. The maximum Gasteiger partial charge on any atom is 0.178 e. The lowest BCUT2D eigenvalue weighted by molar-refractivity contribution is -0.0674. The summed E-state index contributed by atoms with van der Waals surface area (Å²) in [5.74, 6) is 0. The molecule has 2 heterocycles. The van der Waals surface area contributed by atoms with Crippen molar-refractivity contribution >= 4 is 28.5 Å². The fourth-order valence-electron chi connectivity index (χ4n) is 2.91. The maximum atomic E-state index is 11.4. The van der Waals surface area contributed by atoms with Crippen molar-refractivity contribution in [3.8, 4) is 0 Å². The molecule has 2 aliphatic heterocycles. The summed E-state index contributed by atoms with van der Waals surface area (Å²) in [5, 5.41) is 13.2. The Bertz CT molecular complexity index is 519. The lowest BCUT2D eigenvalue weighted by Gasteiger charge is -2.36. The van der Waals surface area contributed by atoms with Crippen LogP contribution in [0.3, 0.4) is 0 Å². The molecule has 3 rings (SSSR count). The highest BCUT2D eigenvalue weighted by Crippen LogP contribution is 2.48. The fourth-order valence-corrected chi connectivity index (χ4v) is 4.53. The Balaban J connectivity index is 1.96. The quantitative estimate of drug-likeness (QED) is 0.925. The van der Waals surface area contributed by atoms with Crippen molar-refractivity contribution in [2.45, 2.75) is 37.2 Å². The van der Waals surface area contributed by atoms with Crippen LogP contribution in [0.25, 0.3) is 0 Å². The first-order valence-electron chi connectivity index (χ1n) is 7.13. The molecule has 3 nitrogen and oxygen atoms in total. The average molecular weight is 311 g/mol. The first-order valence-corrected chi connectivity index (χ1v) is 8.39. The zero-order valence-electron chi connectivity index (χ0n) is 11.6. The second kappa shape index (κ2) is 5.58. The average Bonchev–Trinajstić information content (AvgIpc) is 3.00. The summed E-state index contributed by atoms with van der Waals surface area (Å²) in [6.45, 7) is 3.75. The van der Waals surface area contributed by atoms with Crippen LogP contribution in [0.5, 0.6) is 0 Å². The molecule has 1 aromatic carbocycles. The summed E-state index contributed by atoms with van der Waals surface area (Å²) in [6, 6.07) is 7.56. The molecule has 0 unspecified atom stereocenters. The Labute approximate surface area is 129 Å². The summed E-state index contributed by atoms with van der Waals surface area (Å²) in [5.41, 5.74) is -0.0256. The van der Waals surface area contributed by atoms with Crippen molar-refractivity contribution in [3.05, 3.63) is 34.9 Å². The van der Waals surface area contributed by atoms with Gasteiger partial charge in [0, 0.05) is 17.1 Å². The first kappa shape index (κ1) is 14.2. The van der Waals surface area contributed by atoms with E-state index in [-0.39, 0.29) is 5.25 Å². The molecule has 0 amide bonds. The van der Waals surface area contributed by atoms with Crippen LogP contribution in [-0.4, -0.2) is 33.5 Å². The zero-order chi connectivity index (χ0) is 14.2. The third-order valence-electron chi connectivity index (χ3n) is 4.00. The van der Waals surface area contributed by atoms with Crippen LogP contribution in [0, 0.1) is 0 Å². The van der Waals surface area contributed by atoms with E-state index in [4.69, 9.17) is 11.6 Å². The van der Waals surface area contributed by atoms with Gasteiger partial charge in [-0.3, -0.25) is 4.99 Å². The number of aliphatic hydroxyl groups is 1. The second-order valence-electron chi connectivity index (χ2n) is 5.30. The van der Waals surface area contributed by atoms with E-state index in [0.717, 1.165) is 43.1 Å². The van der Waals surface area contributed by atoms with Crippen molar-refractivity contribution in [2.75, 3.05) is 13.1 Å². The molecule has 0 aromatic heterocycles. The van der Waals surface area contributed by atoms with Gasteiger partial charge in [-0.15, -0.1) is 0 Å². The Morgan fingerprint density at radius 1 is 1.45 bits per heavy atom. The number of aliphatic imine (C=N–C) groups is 1. The number of hydrogen-bond acceptors (Lipinski definition) is 4. The summed E-state index contributed by atoms with van der Waals surface area (Å²) in [6.07, 6.45) is 3.25. The minimum atomic E-state index is -0.945. The van der Waals surface area contributed by atoms with Gasteiger partial charge in [0.25, 0.3) is 0 Å². The van der Waals surface area contributed by atoms with Crippen molar-refractivity contribution in [2.24, 2.45) is 4.99 Å². The van der Waals surface area contributed by atoms with Gasteiger partial charge in [0.1, 0.15) is 0 Å². The van der Waals surface area contributed by atoms with E-state index in [1.165, 1.54) is 0 Å². The molecule has 108 valence electrons.